The van der Waals surface area contributed by atoms with Crippen molar-refractivity contribution in [2.75, 3.05) is 13.2 Å². The Morgan fingerprint density at radius 3 is 2.47 bits per heavy atom. The minimum absolute atomic E-state index is 0.167. The number of ether oxygens (including phenoxy) is 1. The van der Waals surface area contributed by atoms with Crippen LogP contribution in [0.4, 0.5) is 0 Å². The zero-order chi connectivity index (χ0) is 12.7. The Balaban J connectivity index is 2.14. The first-order valence-electron chi connectivity index (χ1n) is 5.92. The second-order valence-corrected chi connectivity index (χ2v) is 4.10. The van der Waals surface area contributed by atoms with Crippen LogP contribution in [-0.4, -0.2) is 47.4 Å². The average Bonchev–Trinajstić information content (AvgIpc) is 2.78. The largest absolute Gasteiger partial charge is 0.479 e. The van der Waals surface area contributed by atoms with E-state index >= 15 is 0 Å². The first-order chi connectivity index (χ1) is 8.15. The van der Waals surface area contributed by atoms with Crippen LogP contribution < -0.4 is 5.32 Å². The molecular weight excluding hydrogens is 226 g/mol. The van der Waals surface area contributed by atoms with Gasteiger partial charge in [0, 0.05) is 13.2 Å². The Labute approximate surface area is 100.0 Å². The van der Waals surface area contributed by atoms with Crippen molar-refractivity contribution in [3.8, 4) is 0 Å². The van der Waals surface area contributed by atoms with Crippen LogP contribution in [0, 0.1) is 0 Å². The van der Waals surface area contributed by atoms with Gasteiger partial charge in [0.2, 0.25) is 5.91 Å². The maximum atomic E-state index is 11.6. The minimum Gasteiger partial charge on any atom is -0.479 e. The fourth-order valence-corrected chi connectivity index (χ4v) is 1.75. The number of carboxylic acid groups (broad SMARTS) is 1. The van der Waals surface area contributed by atoms with Crippen LogP contribution in [0.5, 0.6) is 0 Å². The molecule has 98 valence electrons. The number of nitrogens with one attached hydrogen (secondary N) is 1. The molecular formula is C11H19NO5. The lowest BCUT2D eigenvalue weighted by atomic mass is 10.2. The van der Waals surface area contributed by atoms with Gasteiger partial charge in [-0.15, -0.1) is 0 Å². The van der Waals surface area contributed by atoms with E-state index in [4.69, 9.17) is 14.9 Å². The maximum Gasteiger partial charge on any atom is 0.332 e. The highest BCUT2D eigenvalue weighted by Crippen LogP contribution is 2.19. The van der Waals surface area contributed by atoms with Gasteiger partial charge in [-0.25, -0.2) is 4.79 Å². The lowest BCUT2D eigenvalue weighted by Gasteiger charge is -2.11. The number of carbonyl (C=O) groups excluding carboxylic acids is 1. The number of carboxylic acids is 1. The van der Waals surface area contributed by atoms with Crippen molar-refractivity contribution in [1.82, 2.24) is 5.32 Å². The van der Waals surface area contributed by atoms with E-state index in [9.17, 15) is 9.59 Å². The van der Waals surface area contributed by atoms with Gasteiger partial charge in [-0.3, -0.25) is 4.79 Å². The number of carbonyl (C=O) groups is 2. The molecule has 6 heteroatoms. The Hall–Kier alpha value is -1.14. The van der Waals surface area contributed by atoms with Gasteiger partial charge in [-0.05, 0) is 32.1 Å². The molecule has 0 radical (unpaired) electrons. The third-order valence-electron chi connectivity index (χ3n) is 2.72. The summed E-state index contributed by atoms with van der Waals surface area (Å²) in [7, 11) is 0. The van der Waals surface area contributed by atoms with Crippen LogP contribution in [0.15, 0.2) is 0 Å². The van der Waals surface area contributed by atoms with E-state index in [1.54, 1.807) is 0 Å². The molecule has 0 aromatic carbocycles. The zero-order valence-corrected chi connectivity index (χ0v) is 9.72. The summed E-state index contributed by atoms with van der Waals surface area (Å²) in [6.45, 7) is 0.705. The summed E-state index contributed by atoms with van der Waals surface area (Å²) in [5.41, 5.74) is 0. The predicted molar refractivity (Wildman–Crippen MR) is 59.5 cm³/mol. The molecule has 0 saturated carbocycles. The predicted octanol–water partition coefficient (Wildman–Crippen LogP) is -0.103. The van der Waals surface area contributed by atoms with E-state index in [-0.39, 0.29) is 12.5 Å². The number of rotatable bonds is 7. The number of aliphatic hydroxyl groups is 1. The van der Waals surface area contributed by atoms with Crippen molar-refractivity contribution in [3.63, 3.8) is 0 Å². The van der Waals surface area contributed by atoms with Crippen LogP contribution in [0.1, 0.15) is 32.1 Å². The van der Waals surface area contributed by atoms with Gasteiger partial charge < -0.3 is 20.3 Å². The van der Waals surface area contributed by atoms with E-state index in [1.807, 2.05) is 0 Å². The summed E-state index contributed by atoms with van der Waals surface area (Å²) in [6.07, 6.45) is 1.77. The summed E-state index contributed by atoms with van der Waals surface area (Å²) in [6, 6.07) is 0. The molecule has 1 fully saturated rings. The Morgan fingerprint density at radius 1 is 1.18 bits per heavy atom. The van der Waals surface area contributed by atoms with Gasteiger partial charge in [-0.2, -0.15) is 0 Å². The van der Waals surface area contributed by atoms with Crippen molar-refractivity contribution in [2.24, 2.45) is 0 Å². The van der Waals surface area contributed by atoms with Gasteiger partial charge in [0.15, 0.2) is 6.10 Å². The molecule has 1 amide bonds. The molecule has 2 atom stereocenters. The molecule has 2 unspecified atom stereocenters. The molecule has 1 aliphatic rings. The number of hydrogen-bond acceptors (Lipinski definition) is 4. The SMILES string of the molecule is O=C(O)C1CCC(C(=O)NCCCCCO)O1. The quantitative estimate of drug-likeness (QED) is 0.544. The van der Waals surface area contributed by atoms with E-state index in [0.717, 1.165) is 19.3 Å². The van der Waals surface area contributed by atoms with Gasteiger partial charge in [-0.1, -0.05) is 0 Å². The third kappa shape index (κ3) is 4.70. The van der Waals surface area contributed by atoms with Crippen LogP contribution in [-0.2, 0) is 14.3 Å². The van der Waals surface area contributed by atoms with Crippen molar-refractivity contribution in [3.05, 3.63) is 0 Å². The first kappa shape index (κ1) is 13.9. The normalized spacial score (nSPS) is 23.6. The average molecular weight is 245 g/mol. The van der Waals surface area contributed by atoms with E-state index in [2.05, 4.69) is 5.32 Å². The molecule has 1 heterocycles. The molecule has 3 N–H and O–H groups in total. The minimum atomic E-state index is -1.01. The van der Waals surface area contributed by atoms with Gasteiger partial charge in [0.1, 0.15) is 6.10 Å². The Morgan fingerprint density at radius 2 is 1.88 bits per heavy atom. The number of hydrogen-bond donors (Lipinski definition) is 3. The van der Waals surface area contributed by atoms with Crippen molar-refractivity contribution >= 4 is 11.9 Å². The maximum absolute atomic E-state index is 11.6. The van der Waals surface area contributed by atoms with Crippen molar-refractivity contribution < 1.29 is 24.5 Å². The first-order valence-corrected chi connectivity index (χ1v) is 5.92. The Kier molecular flexibility index (Phi) is 5.93. The van der Waals surface area contributed by atoms with Gasteiger partial charge in [0.05, 0.1) is 0 Å². The molecule has 0 aliphatic carbocycles. The van der Waals surface area contributed by atoms with Gasteiger partial charge in [0.25, 0.3) is 0 Å². The summed E-state index contributed by atoms with van der Waals surface area (Å²) >= 11 is 0. The molecule has 0 spiro atoms. The van der Waals surface area contributed by atoms with Crippen LogP contribution >= 0.6 is 0 Å². The fraction of sp³-hybridized carbons (Fsp3) is 0.818. The second kappa shape index (κ2) is 7.24. The van der Waals surface area contributed by atoms with E-state index in [0.29, 0.717) is 19.4 Å². The molecule has 1 rings (SSSR count). The number of amides is 1. The molecule has 0 bridgehead atoms. The summed E-state index contributed by atoms with van der Waals surface area (Å²) in [4.78, 5) is 22.2. The zero-order valence-electron chi connectivity index (χ0n) is 9.72. The highest BCUT2D eigenvalue weighted by atomic mass is 16.5. The standard InChI is InChI=1S/C11H19NO5/c13-7-3-1-2-6-12-10(14)8-4-5-9(17-8)11(15)16/h8-9,13H,1-7H2,(H,12,14)(H,15,16). The monoisotopic (exact) mass is 245 g/mol. The smallest absolute Gasteiger partial charge is 0.332 e. The van der Waals surface area contributed by atoms with Crippen LogP contribution in [0.3, 0.4) is 0 Å². The Bertz CT molecular complexity index is 269. The second-order valence-electron chi connectivity index (χ2n) is 4.10. The molecule has 17 heavy (non-hydrogen) atoms. The van der Waals surface area contributed by atoms with Crippen LogP contribution in [0.2, 0.25) is 0 Å². The third-order valence-corrected chi connectivity index (χ3v) is 2.72. The highest BCUT2D eigenvalue weighted by molar-refractivity contribution is 5.82. The van der Waals surface area contributed by atoms with Crippen molar-refractivity contribution in [1.29, 1.82) is 0 Å². The van der Waals surface area contributed by atoms with Gasteiger partial charge >= 0.3 is 5.97 Å². The van der Waals surface area contributed by atoms with Crippen LogP contribution in [0.25, 0.3) is 0 Å². The lowest BCUT2D eigenvalue weighted by molar-refractivity contribution is -0.151. The van der Waals surface area contributed by atoms with E-state index < -0.39 is 18.2 Å². The summed E-state index contributed by atoms with van der Waals surface area (Å²) in [5, 5.41) is 20.0. The number of aliphatic hydroxyl groups excluding tert-OH is 1. The molecule has 0 aromatic rings. The topological polar surface area (TPSA) is 95.9 Å². The number of unbranched alkanes of at least 4 members (excludes halogenated alkanes) is 2. The molecule has 1 saturated heterocycles. The number of aliphatic carboxylic acids is 1. The summed E-state index contributed by atoms with van der Waals surface area (Å²) in [5.74, 6) is -1.25. The molecule has 6 nitrogen and oxygen atoms in total. The molecule has 0 aromatic heterocycles. The van der Waals surface area contributed by atoms with E-state index in [1.165, 1.54) is 0 Å². The summed E-state index contributed by atoms with van der Waals surface area (Å²) < 4.78 is 5.11. The fourth-order valence-electron chi connectivity index (χ4n) is 1.75. The lowest BCUT2D eigenvalue weighted by Crippen LogP contribution is -2.36. The molecule has 1 aliphatic heterocycles. The highest BCUT2D eigenvalue weighted by Gasteiger charge is 2.34. The van der Waals surface area contributed by atoms with Crippen molar-refractivity contribution in [2.45, 2.75) is 44.3 Å².